The molecule has 0 aliphatic carbocycles. The molecule has 0 spiro atoms. The number of rotatable bonds is 5. The average Bonchev–Trinajstić information content (AvgIpc) is 2.34. The number of carboxylic acids is 2. The van der Waals surface area contributed by atoms with Gasteiger partial charge in [-0.3, -0.25) is 0 Å². The Morgan fingerprint density at radius 3 is 1.87 bits per heavy atom. The summed E-state index contributed by atoms with van der Waals surface area (Å²) in [4.78, 5) is 24.6. The van der Waals surface area contributed by atoms with E-state index >= 15 is 0 Å². The highest BCUT2D eigenvalue weighted by molar-refractivity contribution is 6.03. The summed E-state index contributed by atoms with van der Waals surface area (Å²) >= 11 is 0. The van der Waals surface area contributed by atoms with Gasteiger partial charge in [-0.2, -0.15) is 13.2 Å². The Morgan fingerprint density at radius 1 is 1.09 bits per heavy atom. The van der Waals surface area contributed by atoms with Crippen LogP contribution in [0.5, 0.6) is 0 Å². The van der Waals surface area contributed by atoms with Crippen LogP contribution in [0.3, 0.4) is 0 Å². The third-order valence-electron chi connectivity index (χ3n) is 2.54. The molecule has 6 nitrogen and oxygen atoms in total. The normalized spacial score (nSPS) is 11.9. The second kappa shape index (κ2) is 6.34. The standard InChI is InChI=1S/C12H11F5N2O4/c1-3(2)18-6-4(10(20)21)7(9(13)14)19-8(12(15,16)17)5(6)11(22)23/h3,9H,1-2H3,(H,18,19)(H,20,21)(H,22,23)/p-2. The average molecular weight is 340 g/mol. The Morgan fingerprint density at radius 2 is 1.57 bits per heavy atom. The van der Waals surface area contributed by atoms with Gasteiger partial charge < -0.3 is 25.1 Å². The molecule has 23 heavy (non-hydrogen) atoms. The third-order valence-corrected chi connectivity index (χ3v) is 2.54. The number of halogens is 5. The van der Waals surface area contributed by atoms with Crippen LogP contribution in [0.25, 0.3) is 0 Å². The van der Waals surface area contributed by atoms with Crippen LogP contribution in [-0.2, 0) is 6.18 Å². The number of anilines is 1. The van der Waals surface area contributed by atoms with Crippen LogP contribution in [0, 0.1) is 0 Å². The van der Waals surface area contributed by atoms with Gasteiger partial charge in [0.25, 0.3) is 6.43 Å². The van der Waals surface area contributed by atoms with Gasteiger partial charge >= 0.3 is 6.18 Å². The fraction of sp³-hybridized carbons (Fsp3) is 0.417. The van der Waals surface area contributed by atoms with Crippen LogP contribution in [-0.4, -0.2) is 23.0 Å². The minimum Gasteiger partial charge on any atom is -0.545 e. The molecule has 0 amide bonds. The van der Waals surface area contributed by atoms with Crippen molar-refractivity contribution in [3.63, 3.8) is 0 Å². The van der Waals surface area contributed by atoms with Crippen molar-refractivity contribution < 1.29 is 41.8 Å². The second-order valence-electron chi connectivity index (χ2n) is 4.64. The predicted octanol–water partition coefficient (Wildman–Crippen LogP) is 0.585. The number of hydrogen-bond donors (Lipinski definition) is 1. The second-order valence-corrected chi connectivity index (χ2v) is 4.64. The molecule has 1 aromatic rings. The Kier molecular flexibility index (Phi) is 5.13. The maximum absolute atomic E-state index is 12.9. The molecule has 0 radical (unpaired) electrons. The molecule has 0 aliphatic rings. The molecule has 1 heterocycles. The third kappa shape index (κ3) is 3.85. The zero-order chi connectivity index (χ0) is 18.1. The smallest absolute Gasteiger partial charge is 0.434 e. The molecular formula is C12H9F5N2O4-2. The number of carbonyl (C=O) groups is 2. The van der Waals surface area contributed by atoms with Gasteiger partial charge in [-0.05, 0) is 13.8 Å². The first-order valence-electron chi connectivity index (χ1n) is 6.00. The first kappa shape index (κ1) is 18.6. The molecule has 0 aromatic carbocycles. The summed E-state index contributed by atoms with van der Waals surface area (Å²) in [5.74, 6) is -4.72. The largest absolute Gasteiger partial charge is 0.545 e. The number of aromatic nitrogens is 1. The minimum absolute atomic E-state index is 0.778. The quantitative estimate of drug-likeness (QED) is 0.787. The maximum Gasteiger partial charge on any atom is 0.434 e. The van der Waals surface area contributed by atoms with Gasteiger partial charge in [0.15, 0.2) is 5.69 Å². The van der Waals surface area contributed by atoms with E-state index in [0.717, 1.165) is 0 Å². The molecule has 1 aromatic heterocycles. The fourth-order valence-electron chi connectivity index (χ4n) is 1.81. The van der Waals surface area contributed by atoms with E-state index in [1.165, 1.54) is 13.8 Å². The Labute approximate surface area is 125 Å². The van der Waals surface area contributed by atoms with Crippen LogP contribution in [0.4, 0.5) is 27.6 Å². The molecule has 0 atom stereocenters. The molecule has 0 aliphatic heterocycles. The summed E-state index contributed by atoms with van der Waals surface area (Å²) in [6.45, 7) is 2.65. The van der Waals surface area contributed by atoms with E-state index in [2.05, 4.69) is 10.3 Å². The number of aromatic carboxylic acids is 2. The van der Waals surface area contributed by atoms with Crippen molar-refractivity contribution in [1.82, 2.24) is 4.98 Å². The molecule has 1 rings (SSSR count). The SMILES string of the molecule is CC(C)Nc1c(C(=O)[O-])c(C(F)F)nc(C(F)(F)F)c1C(=O)[O-]. The first-order valence-corrected chi connectivity index (χ1v) is 6.00. The molecule has 0 saturated heterocycles. The summed E-state index contributed by atoms with van der Waals surface area (Å²) in [5, 5.41) is 24.2. The number of hydrogen-bond acceptors (Lipinski definition) is 6. The van der Waals surface area contributed by atoms with Gasteiger partial charge in [0.2, 0.25) is 0 Å². The van der Waals surface area contributed by atoms with Gasteiger partial charge in [0, 0.05) is 11.6 Å². The Balaban J connectivity index is 4.00. The molecular weight excluding hydrogens is 331 g/mol. The summed E-state index contributed by atoms with van der Waals surface area (Å²) < 4.78 is 64.5. The van der Waals surface area contributed by atoms with E-state index in [4.69, 9.17) is 0 Å². The monoisotopic (exact) mass is 340 g/mol. The number of carboxylic acid groups (broad SMARTS) is 2. The Hall–Kier alpha value is -2.46. The number of alkyl halides is 5. The zero-order valence-electron chi connectivity index (χ0n) is 11.6. The van der Waals surface area contributed by atoms with E-state index in [1.54, 1.807) is 0 Å². The first-order chi connectivity index (χ1) is 10.4. The molecule has 0 bridgehead atoms. The van der Waals surface area contributed by atoms with Gasteiger partial charge in [0.1, 0.15) is 5.69 Å². The molecule has 11 heteroatoms. The van der Waals surface area contributed by atoms with Crippen LogP contribution in [0.15, 0.2) is 0 Å². The zero-order valence-corrected chi connectivity index (χ0v) is 11.6. The topological polar surface area (TPSA) is 105 Å². The van der Waals surface area contributed by atoms with Crippen molar-refractivity contribution in [2.24, 2.45) is 0 Å². The highest BCUT2D eigenvalue weighted by Gasteiger charge is 2.40. The highest BCUT2D eigenvalue weighted by Crippen LogP contribution is 2.38. The van der Waals surface area contributed by atoms with E-state index < -0.39 is 58.8 Å². The van der Waals surface area contributed by atoms with Crippen molar-refractivity contribution in [2.75, 3.05) is 5.32 Å². The van der Waals surface area contributed by atoms with E-state index in [1.807, 2.05) is 0 Å². The van der Waals surface area contributed by atoms with Crippen molar-refractivity contribution in [3.8, 4) is 0 Å². The number of carbonyl (C=O) groups excluding carboxylic acids is 2. The van der Waals surface area contributed by atoms with Crippen LogP contribution in [0.2, 0.25) is 0 Å². The van der Waals surface area contributed by atoms with Crippen molar-refractivity contribution in [1.29, 1.82) is 0 Å². The summed E-state index contributed by atoms with van der Waals surface area (Å²) in [6, 6.07) is -0.778. The van der Waals surface area contributed by atoms with E-state index in [-0.39, 0.29) is 0 Å². The van der Waals surface area contributed by atoms with Crippen LogP contribution >= 0.6 is 0 Å². The predicted molar refractivity (Wildman–Crippen MR) is 61.6 cm³/mol. The lowest BCUT2D eigenvalue weighted by atomic mass is 10.0. The lowest BCUT2D eigenvalue weighted by Gasteiger charge is -2.25. The fourth-order valence-corrected chi connectivity index (χ4v) is 1.81. The van der Waals surface area contributed by atoms with Crippen molar-refractivity contribution >= 4 is 17.6 Å². The van der Waals surface area contributed by atoms with Gasteiger partial charge in [-0.25, -0.2) is 13.8 Å². The van der Waals surface area contributed by atoms with Crippen molar-refractivity contribution in [3.05, 3.63) is 22.5 Å². The molecule has 0 unspecified atom stereocenters. The van der Waals surface area contributed by atoms with Crippen LogP contribution in [0.1, 0.15) is 52.4 Å². The lowest BCUT2D eigenvalue weighted by Crippen LogP contribution is -2.34. The molecule has 0 fully saturated rings. The lowest BCUT2D eigenvalue weighted by molar-refractivity contribution is -0.255. The molecule has 128 valence electrons. The summed E-state index contributed by atoms with van der Waals surface area (Å²) in [5.41, 5.74) is -8.24. The summed E-state index contributed by atoms with van der Waals surface area (Å²) in [7, 11) is 0. The number of pyridine rings is 1. The van der Waals surface area contributed by atoms with Gasteiger partial charge in [0.05, 0.1) is 23.2 Å². The highest BCUT2D eigenvalue weighted by atomic mass is 19.4. The number of nitrogens with one attached hydrogen (secondary N) is 1. The van der Waals surface area contributed by atoms with E-state index in [0.29, 0.717) is 0 Å². The van der Waals surface area contributed by atoms with Gasteiger partial charge in [-0.1, -0.05) is 0 Å². The van der Waals surface area contributed by atoms with Crippen molar-refractivity contribution in [2.45, 2.75) is 32.5 Å². The van der Waals surface area contributed by atoms with Crippen LogP contribution < -0.4 is 15.5 Å². The summed E-state index contributed by atoms with van der Waals surface area (Å²) in [6.07, 6.45) is -9.12. The Bertz CT molecular complexity index is 643. The number of nitrogens with zero attached hydrogens (tertiary/aromatic N) is 1. The maximum atomic E-state index is 12.9. The van der Waals surface area contributed by atoms with E-state index in [9.17, 15) is 41.8 Å². The minimum atomic E-state index is -5.42. The molecule has 1 N–H and O–H groups in total. The molecule has 0 saturated carbocycles. The van der Waals surface area contributed by atoms with Gasteiger partial charge in [-0.15, -0.1) is 0 Å².